The van der Waals surface area contributed by atoms with Gasteiger partial charge in [0.15, 0.2) is 18.1 Å². The van der Waals surface area contributed by atoms with Crippen LogP contribution >= 0.6 is 11.8 Å². The third kappa shape index (κ3) is 13.2. The molecule has 0 fully saturated rings. The minimum atomic E-state index is -0.210. The molecule has 0 unspecified atom stereocenters. The molecule has 1 N–H and O–H groups in total. The third-order valence-corrected chi connectivity index (χ3v) is 8.23. The summed E-state index contributed by atoms with van der Waals surface area (Å²) in [7, 11) is 1.62. The Morgan fingerprint density at radius 3 is 2.12 bits per heavy atom. The molecule has 0 aliphatic carbocycles. The molecule has 0 bridgehead atoms. The molecule has 0 radical (unpaired) electrons. The Bertz CT molecular complexity index is 1060. The van der Waals surface area contributed by atoms with Crippen molar-refractivity contribution in [1.29, 1.82) is 0 Å². The zero-order chi connectivity index (χ0) is 29.1. The van der Waals surface area contributed by atoms with E-state index < -0.39 is 0 Å². The number of rotatable bonds is 21. The molecule has 0 spiro atoms. The van der Waals surface area contributed by atoms with Crippen LogP contribution in [0.15, 0.2) is 53.6 Å². The number of hydrogen-bond donors (Lipinski definition) is 1. The first-order valence-corrected chi connectivity index (χ1v) is 16.4. The van der Waals surface area contributed by atoms with E-state index in [0.29, 0.717) is 23.9 Å². The molecule has 0 atom stereocenters. The smallest absolute Gasteiger partial charge is 0.262 e. The number of anilines is 1. The lowest BCUT2D eigenvalue weighted by Gasteiger charge is -2.15. The molecular weight excluding hydrogens is 532 g/mol. The largest absolute Gasteiger partial charge is 0.493 e. The molecule has 3 rings (SSSR count). The lowest BCUT2D eigenvalue weighted by atomic mass is 10.1. The summed E-state index contributed by atoms with van der Waals surface area (Å²) in [6, 6.07) is 13.4. The normalized spacial score (nSPS) is 12.8. The van der Waals surface area contributed by atoms with Crippen molar-refractivity contribution in [2.75, 3.05) is 31.5 Å². The van der Waals surface area contributed by atoms with Crippen molar-refractivity contribution in [3.05, 3.63) is 59.1 Å². The molecule has 226 valence electrons. The van der Waals surface area contributed by atoms with Crippen LogP contribution in [0.2, 0.25) is 0 Å². The molecule has 0 saturated heterocycles. The van der Waals surface area contributed by atoms with E-state index in [1.54, 1.807) is 13.2 Å². The van der Waals surface area contributed by atoms with Crippen LogP contribution in [0.5, 0.6) is 17.2 Å². The third-order valence-electron chi connectivity index (χ3n) is 7.21. The SMILES string of the molecule is CCCCCCCCCCCCCCOc1ccc(OCC(=O)Nc2ccc(CN3C=C(C)SC3)cc2)cc1OC. The van der Waals surface area contributed by atoms with Crippen molar-refractivity contribution in [1.82, 2.24) is 4.90 Å². The Morgan fingerprint density at radius 2 is 1.51 bits per heavy atom. The fourth-order valence-electron chi connectivity index (χ4n) is 4.86. The molecule has 2 aromatic rings. The maximum atomic E-state index is 12.4. The molecular formula is C34H50N2O4S. The average Bonchev–Trinajstić information content (AvgIpc) is 3.39. The van der Waals surface area contributed by atoms with Crippen LogP contribution in [0.3, 0.4) is 0 Å². The summed E-state index contributed by atoms with van der Waals surface area (Å²) in [6.07, 6.45) is 18.0. The second-order valence-corrected chi connectivity index (χ2v) is 12.0. The van der Waals surface area contributed by atoms with E-state index in [1.807, 2.05) is 48.2 Å². The van der Waals surface area contributed by atoms with Gasteiger partial charge in [0.1, 0.15) is 5.75 Å². The Labute approximate surface area is 252 Å². The zero-order valence-corrected chi connectivity index (χ0v) is 26.2. The van der Waals surface area contributed by atoms with Crippen molar-refractivity contribution in [2.24, 2.45) is 0 Å². The van der Waals surface area contributed by atoms with Gasteiger partial charge in [-0.15, -0.1) is 11.8 Å². The molecule has 0 aromatic heterocycles. The highest BCUT2D eigenvalue weighted by atomic mass is 32.2. The molecule has 1 amide bonds. The highest BCUT2D eigenvalue weighted by Crippen LogP contribution is 2.31. The van der Waals surface area contributed by atoms with Crippen molar-refractivity contribution >= 4 is 23.4 Å². The molecule has 6 nitrogen and oxygen atoms in total. The van der Waals surface area contributed by atoms with Crippen LogP contribution in [-0.2, 0) is 11.3 Å². The fourth-order valence-corrected chi connectivity index (χ4v) is 5.62. The monoisotopic (exact) mass is 582 g/mol. The summed E-state index contributed by atoms with van der Waals surface area (Å²) in [5, 5.41) is 2.90. The van der Waals surface area contributed by atoms with E-state index in [9.17, 15) is 4.79 Å². The number of carbonyl (C=O) groups is 1. The van der Waals surface area contributed by atoms with Crippen molar-refractivity contribution in [3.8, 4) is 17.2 Å². The minimum absolute atomic E-state index is 0.0843. The first-order valence-electron chi connectivity index (χ1n) is 15.4. The first-order chi connectivity index (χ1) is 20.1. The van der Waals surface area contributed by atoms with Gasteiger partial charge >= 0.3 is 0 Å². The summed E-state index contributed by atoms with van der Waals surface area (Å²) in [5.41, 5.74) is 1.96. The number of nitrogens with one attached hydrogen (secondary N) is 1. The van der Waals surface area contributed by atoms with E-state index in [2.05, 4.69) is 30.3 Å². The fraction of sp³-hybridized carbons (Fsp3) is 0.559. The summed E-state index contributed by atoms with van der Waals surface area (Å²) in [4.78, 5) is 16.1. The van der Waals surface area contributed by atoms with Gasteiger partial charge in [-0.1, -0.05) is 89.7 Å². The van der Waals surface area contributed by atoms with Crippen LogP contribution in [0.1, 0.15) is 96.5 Å². The summed E-state index contributed by atoms with van der Waals surface area (Å²) in [6.45, 7) is 5.85. The predicted molar refractivity (Wildman–Crippen MR) is 172 cm³/mol. The van der Waals surface area contributed by atoms with Gasteiger partial charge in [0.2, 0.25) is 0 Å². The van der Waals surface area contributed by atoms with Gasteiger partial charge in [-0.05, 0) is 48.1 Å². The van der Waals surface area contributed by atoms with Gasteiger partial charge < -0.3 is 24.4 Å². The molecule has 1 heterocycles. The molecule has 2 aromatic carbocycles. The van der Waals surface area contributed by atoms with Gasteiger partial charge in [0, 0.05) is 24.5 Å². The molecule has 1 aliphatic heterocycles. The van der Waals surface area contributed by atoms with Crippen molar-refractivity contribution in [2.45, 2.75) is 97.4 Å². The number of thioether (sulfide) groups is 1. The first kappa shape index (κ1) is 32.7. The number of methoxy groups -OCH3 is 1. The topological polar surface area (TPSA) is 60.0 Å². The Balaban J connectivity index is 1.28. The Kier molecular flexibility index (Phi) is 15.4. The Morgan fingerprint density at radius 1 is 0.854 bits per heavy atom. The van der Waals surface area contributed by atoms with Gasteiger partial charge in [-0.2, -0.15) is 0 Å². The zero-order valence-electron chi connectivity index (χ0n) is 25.4. The van der Waals surface area contributed by atoms with E-state index in [0.717, 1.165) is 24.5 Å². The van der Waals surface area contributed by atoms with Crippen LogP contribution in [0, 0.1) is 0 Å². The number of nitrogens with zero attached hydrogens (tertiary/aromatic N) is 1. The average molecular weight is 583 g/mol. The van der Waals surface area contributed by atoms with Crippen LogP contribution < -0.4 is 19.5 Å². The van der Waals surface area contributed by atoms with Crippen LogP contribution in [0.4, 0.5) is 5.69 Å². The van der Waals surface area contributed by atoms with Gasteiger partial charge in [-0.25, -0.2) is 0 Å². The molecule has 0 saturated carbocycles. The quantitative estimate of drug-likeness (QED) is 0.148. The minimum Gasteiger partial charge on any atom is -0.493 e. The van der Waals surface area contributed by atoms with Crippen LogP contribution in [-0.4, -0.2) is 37.0 Å². The highest BCUT2D eigenvalue weighted by Gasteiger charge is 2.11. The van der Waals surface area contributed by atoms with Crippen molar-refractivity contribution < 1.29 is 19.0 Å². The lowest BCUT2D eigenvalue weighted by Crippen LogP contribution is -2.20. The maximum Gasteiger partial charge on any atom is 0.262 e. The molecule has 41 heavy (non-hydrogen) atoms. The Hall–Kier alpha value is -2.80. The molecule has 7 heteroatoms. The number of carbonyl (C=O) groups excluding carboxylic acids is 1. The predicted octanol–water partition coefficient (Wildman–Crippen LogP) is 9.16. The number of unbranched alkanes of at least 4 members (excludes halogenated alkanes) is 11. The second-order valence-electron chi connectivity index (χ2n) is 10.8. The van der Waals surface area contributed by atoms with Gasteiger partial charge in [-0.3, -0.25) is 4.79 Å². The summed E-state index contributed by atoms with van der Waals surface area (Å²) in [5.74, 6) is 2.65. The lowest BCUT2D eigenvalue weighted by molar-refractivity contribution is -0.118. The number of benzene rings is 2. The van der Waals surface area contributed by atoms with Gasteiger partial charge in [0.05, 0.1) is 19.6 Å². The number of ether oxygens (including phenoxy) is 3. The number of amides is 1. The maximum absolute atomic E-state index is 12.4. The van der Waals surface area contributed by atoms with E-state index in [-0.39, 0.29) is 12.5 Å². The van der Waals surface area contributed by atoms with E-state index in [1.165, 1.54) is 81.1 Å². The number of allylic oxidation sites excluding steroid dienone is 1. The van der Waals surface area contributed by atoms with E-state index in [4.69, 9.17) is 14.2 Å². The molecule has 1 aliphatic rings. The van der Waals surface area contributed by atoms with Gasteiger partial charge in [0.25, 0.3) is 5.91 Å². The summed E-state index contributed by atoms with van der Waals surface area (Å²) >= 11 is 1.85. The van der Waals surface area contributed by atoms with Crippen LogP contribution in [0.25, 0.3) is 0 Å². The van der Waals surface area contributed by atoms with E-state index >= 15 is 0 Å². The van der Waals surface area contributed by atoms with Crippen molar-refractivity contribution in [3.63, 3.8) is 0 Å². The second kappa shape index (κ2) is 19.3. The number of hydrogen-bond acceptors (Lipinski definition) is 6. The standard InChI is InChI=1S/C34H50N2O4S/c1-4-5-6-7-8-9-10-11-12-13-14-15-22-39-32-21-20-31(23-33(32)38-3)40-26-34(37)35-30-18-16-29(17-19-30)25-36-24-28(2)41-27-36/h16-21,23-24H,4-15,22,25-27H2,1-3H3,(H,35,37). The highest BCUT2D eigenvalue weighted by molar-refractivity contribution is 8.03. The summed E-state index contributed by atoms with van der Waals surface area (Å²) < 4.78 is 17.2.